The summed E-state index contributed by atoms with van der Waals surface area (Å²) in [5.74, 6) is 0.410. The lowest BCUT2D eigenvalue weighted by Crippen LogP contribution is -2.34. The molecular formula is C14H17ClN2OS2. The number of nitrogens with one attached hydrogen (secondary N) is 1. The van der Waals surface area contributed by atoms with Crippen molar-refractivity contribution in [2.24, 2.45) is 0 Å². The summed E-state index contributed by atoms with van der Waals surface area (Å²) >= 11 is 8.96. The van der Waals surface area contributed by atoms with E-state index in [4.69, 9.17) is 11.6 Å². The van der Waals surface area contributed by atoms with Crippen LogP contribution in [0.3, 0.4) is 0 Å². The van der Waals surface area contributed by atoms with E-state index in [2.05, 4.69) is 29.4 Å². The number of aryl methyl sites for hydroxylation is 1. The molecule has 0 bridgehead atoms. The molecule has 0 aliphatic rings. The van der Waals surface area contributed by atoms with Crippen molar-refractivity contribution in [1.82, 2.24) is 10.3 Å². The van der Waals surface area contributed by atoms with Crippen molar-refractivity contribution >= 4 is 40.2 Å². The van der Waals surface area contributed by atoms with Gasteiger partial charge in [0.2, 0.25) is 5.91 Å². The lowest BCUT2D eigenvalue weighted by Gasteiger charge is -2.12. The number of nitrogens with zero attached hydrogens (tertiary/aromatic N) is 1. The van der Waals surface area contributed by atoms with E-state index in [1.807, 2.05) is 12.3 Å². The number of thiophene rings is 1. The van der Waals surface area contributed by atoms with Crippen LogP contribution >= 0.6 is 34.3 Å². The number of aromatic nitrogens is 1. The summed E-state index contributed by atoms with van der Waals surface area (Å²) in [4.78, 5) is 18.8. The molecule has 6 heteroatoms. The lowest BCUT2D eigenvalue weighted by atomic mass is 10.2. The van der Waals surface area contributed by atoms with Gasteiger partial charge in [0.05, 0.1) is 18.0 Å². The Labute approximate surface area is 132 Å². The Morgan fingerprint density at radius 3 is 2.90 bits per heavy atom. The fourth-order valence-corrected chi connectivity index (χ4v) is 3.94. The van der Waals surface area contributed by atoms with Crippen LogP contribution in [-0.2, 0) is 23.5 Å². The summed E-state index contributed by atoms with van der Waals surface area (Å²) in [6, 6.07) is 4.36. The average Bonchev–Trinajstić information content (AvgIpc) is 2.98. The number of carbonyl (C=O) groups excluding carboxylic acids is 1. The molecular weight excluding hydrogens is 312 g/mol. The van der Waals surface area contributed by atoms with Crippen LogP contribution in [0, 0.1) is 6.92 Å². The van der Waals surface area contributed by atoms with Crippen molar-refractivity contribution in [3.63, 3.8) is 0 Å². The second-order valence-electron chi connectivity index (χ2n) is 4.73. The highest BCUT2D eigenvalue weighted by Crippen LogP contribution is 2.17. The van der Waals surface area contributed by atoms with Crippen molar-refractivity contribution in [3.05, 3.63) is 38.0 Å². The molecule has 1 atom stereocenters. The first kappa shape index (κ1) is 15.5. The summed E-state index contributed by atoms with van der Waals surface area (Å²) in [7, 11) is 0. The summed E-state index contributed by atoms with van der Waals surface area (Å²) in [5.41, 5.74) is 0.835. The van der Waals surface area contributed by atoms with Crippen LogP contribution in [0.5, 0.6) is 0 Å². The van der Waals surface area contributed by atoms with E-state index in [0.29, 0.717) is 12.3 Å². The third-order valence-electron chi connectivity index (χ3n) is 2.76. The molecule has 108 valence electrons. The molecule has 0 spiro atoms. The van der Waals surface area contributed by atoms with E-state index in [9.17, 15) is 4.79 Å². The number of hydrogen-bond donors (Lipinski definition) is 1. The Morgan fingerprint density at radius 1 is 1.50 bits per heavy atom. The predicted molar refractivity (Wildman–Crippen MR) is 85.7 cm³/mol. The van der Waals surface area contributed by atoms with Crippen molar-refractivity contribution in [2.75, 3.05) is 0 Å². The maximum Gasteiger partial charge on any atom is 0.227 e. The van der Waals surface area contributed by atoms with Gasteiger partial charge in [-0.05, 0) is 26.0 Å². The maximum absolute atomic E-state index is 11.9. The Morgan fingerprint density at radius 2 is 2.30 bits per heavy atom. The molecule has 0 aliphatic carbocycles. The highest BCUT2D eigenvalue weighted by atomic mass is 35.5. The molecule has 1 amide bonds. The van der Waals surface area contributed by atoms with Crippen molar-refractivity contribution in [1.29, 1.82) is 0 Å². The first-order valence-electron chi connectivity index (χ1n) is 6.40. The molecule has 0 saturated carbocycles. The summed E-state index contributed by atoms with van der Waals surface area (Å²) in [5, 5.41) is 5.73. The lowest BCUT2D eigenvalue weighted by molar-refractivity contribution is -0.121. The normalized spacial score (nSPS) is 12.3. The largest absolute Gasteiger partial charge is 0.353 e. The molecule has 0 saturated heterocycles. The maximum atomic E-state index is 11.9. The minimum atomic E-state index is 0.0150. The monoisotopic (exact) mass is 328 g/mol. The van der Waals surface area contributed by atoms with E-state index >= 15 is 0 Å². The van der Waals surface area contributed by atoms with E-state index in [0.717, 1.165) is 17.1 Å². The number of alkyl halides is 1. The predicted octanol–water partition coefficient (Wildman–Crippen LogP) is 3.54. The van der Waals surface area contributed by atoms with Crippen molar-refractivity contribution < 1.29 is 4.79 Å². The van der Waals surface area contributed by atoms with Crippen LogP contribution < -0.4 is 5.32 Å². The molecule has 0 aromatic carbocycles. The molecule has 2 rings (SSSR count). The standard InChI is InChI=1S/C14H17ClN2OS2/c1-9(5-12-4-3-10(2)20-12)16-13(18)6-14-17-11(7-15)8-19-14/h3-4,8-9H,5-7H2,1-2H3,(H,16,18). The summed E-state index contributed by atoms with van der Waals surface area (Å²) < 4.78 is 0. The van der Waals surface area contributed by atoms with Gasteiger partial charge < -0.3 is 5.32 Å². The number of halogens is 1. The second kappa shape index (κ2) is 7.20. The van der Waals surface area contributed by atoms with Gasteiger partial charge in [-0.3, -0.25) is 4.79 Å². The Balaban J connectivity index is 1.81. The highest BCUT2D eigenvalue weighted by Gasteiger charge is 2.12. The number of thiazole rings is 1. The van der Waals surface area contributed by atoms with E-state index in [1.54, 1.807) is 11.3 Å². The average molecular weight is 329 g/mol. The van der Waals surface area contributed by atoms with Gasteiger partial charge in [-0.2, -0.15) is 0 Å². The Kier molecular flexibility index (Phi) is 5.57. The van der Waals surface area contributed by atoms with Gasteiger partial charge in [0.25, 0.3) is 0 Å². The van der Waals surface area contributed by atoms with E-state index in [1.165, 1.54) is 21.1 Å². The summed E-state index contributed by atoms with van der Waals surface area (Å²) in [6.45, 7) is 4.12. The quantitative estimate of drug-likeness (QED) is 0.824. The Bertz CT molecular complexity index is 579. The van der Waals surface area contributed by atoms with Crippen LogP contribution in [-0.4, -0.2) is 16.9 Å². The molecule has 20 heavy (non-hydrogen) atoms. The van der Waals surface area contributed by atoms with Gasteiger partial charge in [-0.15, -0.1) is 34.3 Å². The first-order chi connectivity index (χ1) is 9.56. The second-order valence-corrected chi connectivity index (χ2v) is 7.31. The molecule has 1 N–H and O–H groups in total. The minimum Gasteiger partial charge on any atom is -0.353 e. The van der Waals surface area contributed by atoms with E-state index < -0.39 is 0 Å². The van der Waals surface area contributed by atoms with Crippen LogP contribution in [0.25, 0.3) is 0 Å². The van der Waals surface area contributed by atoms with Crippen LogP contribution in [0.15, 0.2) is 17.5 Å². The third kappa shape index (κ3) is 4.58. The number of hydrogen-bond acceptors (Lipinski definition) is 4. The molecule has 2 aromatic rings. The molecule has 0 radical (unpaired) electrons. The molecule has 3 nitrogen and oxygen atoms in total. The minimum absolute atomic E-state index is 0.0150. The number of rotatable bonds is 6. The van der Waals surface area contributed by atoms with Gasteiger partial charge in [0.1, 0.15) is 5.01 Å². The van der Waals surface area contributed by atoms with E-state index in [-0.39, 0.29) is 11.9 Å². The molecule has 1 unspecified atom stereocenters. The zero-order valence-corrected chi connectivity index (χ0v) is 13.9. The zero-order valence-electron chi connectivity index (χ0n) is 11.5. The Hall–Kier alpha value is -0.910. The van der Waals surface area contributed by atoms with Gasteiger partial charge in [0, 0.05) is 27.6 Å². The zero-order chi connectivity index (χ0) is 14.5. The topological polar surface area (TPSA) is 42.0 Å². The molecule has 0 fully saturated rings. The molecule has 0 aliphatic heterocycles. The highest BCUT2D eigenvalue weighted by molar-refractivity contribution is 7.11. The van der Waals surface area contributed by atoms with Gasteiger partial charge >= 0.3 is 0 Å². The smallest absolute Gasteiger partial charge is 0.227 e. The van der Waals surface area contributed by atoms with Gasteiger partial charge in [-0.25, -0.2) is 4.98 Å². The van der Waals surface area contributed by atoms with Gasteiger partial charge in [-0.1, -0.05) is 0 Å². The van der Waals surface area contributed by atoms with Crippen molar-refractivity contribution in [3.8, 4) is 0 Å². The molecule has 2 heterocycles. The van der Waals surface area contributed by atoms with Gasteiger partial charge in [0.15, 0.2) is 0 Å². The van der Waals surface area contributed by atoms with Crippen LogP contribution in [0.1, 0.15) is 27.4 Å². The van der Waals surface area contributed by atoms with Crippen LogP contribution in [0.4, 0.5) is 0 Å². The number of amides is 1. The fourth-order valence-electron chi connectivity index (χ4n) is 1.90. The number of carbonyl (C=O) groups is 1. The summed E-state index contributed by atoms with van der Waals surface area (Å²) in [6.07, 6.45) is 1.20. The fraction of sp³-hybridized carbons (Fsp3) is 0.429. The first-order valence-corrected chi connectivity index (χ1v) is 8.64. The SMILES string of the molecule is Cc1ccc(CC(C)NC(=O)Cc2nc(CCl)cs2)s1. The third-order valence-corrected chi connectivity index (χ3v) is 4.95. The van der Waals surface area contributed by atoms with Crippen LogP contribution in [0.2, 0.25) is 0 Å². The van der Waals surface area contributed by atoms with Crippen molar-refractivity contribution in [2.45, 2.75) is 38.6 Å². The molecule has 2 aromatic heterocycles.